The molecule has 0 radical (unpaired) electrons. The predicted molar refractivity (Wildman–Crippen MR) is 143 cm³/mol. The number of thiazole rings is 1. The van der Waals surface area contributed by atoms with E-state index in [4.69, 9.17) is 19.2 Å². The van der Waals surface area contributed by atoms with Gasteiger partial charge in [-0.3, -0.25) is 9.36 Å². The van der Waals surface area contributed by atoms with Crippen molar-refractivity contribution in [1.82, 2.24) is 4.57 Å². The van der Waals surface area contributed by atoms with Gasteiger partial charge in [0.2, 0.25) is 0 Å². The topological polar surface area (TPSA) is 79.1 Å². The summed E-state index contributed by atoms with van der Waals surface area (Å²) in [7, 11) is 0. The number of nitrogens with zero attached hydrogens (tertiary/aromatic N) is 2. The first kappa shape index (κ1) is 23.4. The zero-order chi connectivity index (χ0) is 25.4. The van der Waals surface area contributed by atoms with Crippen molar-refractivity contribution in [3.8, 4) is 11.5 Å². The minimum absolute atomic E-state index is 0.217. The van der Waals surface area contributed by atoms with E-state index in [0.29, 0.717) is 45.3 Å². The van der Waals surface area contributed by atoms with Crippen molar-refractivity contribution in [3.63, 3.8) is 0 Å². The van der Waals surface area contributed by atoms with Crippen LogP contribution in [0.3, 0.4) is 0 Å². The third-order valence-electron chi connectivity index (χ3n) is 6.05. The second-order valence-corrected chi connectivity index (χ2v) is 10.3. The molecule has 2 aromatic carbocycles. The van der Waals surface area contributed by atoms with Gasteiger partial charge in [-0.05, 0) is 42.1 Å². The molecule has 2 aliphatic heterocycles. The van der Waals surface area contributed by atoms with Gasteiger partial charge in [0, 0.05) is 10.4 Å². The Hall–Kier alpha value is -3.95. The zero-order valence-corrected chi connectivity index (χ0v) is 21.5. The maximum absolute atomic E-state index is 13.8. The number of rotatable bonds is 5. The largest absolute Gasteiger partial charge is 0.486 e. The number of thiophene rings is 1. The van der Waals surface area contributed by atoms with E-state index >= 15 is 0 Å². The molecule has 6 rings (SSSR count). The Balaban J connectivity index is 1.58. The molecule has 4 heterocycles. The van der Waals surface area contributed by atoms with Gasteiger partial charge >= 0.3 is 5.97 Å². The van der Waals surface area contributed by atoms with Crippen LogP contribution in [0.25, 0.3) is 11.8 Å². The Kier molecular flexibility index (Phi) is 6.23. The summed E-state index contributed by atoms with van der Waals surface area (Å²) in [5.74, 6) is 0.860. The highest BCUT2D eigenvalue weighted by Crippen LogP contribution is 2.37. The number of hydrogen-bond donors (Lipinski definition) is 0. The molecule has 0 spiro atoms. The van der Waals surface area contributed by atoms with Gasteiger partial charge in [-0.1, -0.05) is 53.8 Å². The van der Waals surface area contributed by atoms with E-state index < -0.39 is 12.0 Å². The number of fused-ring (bicyclic) bond motifs is 2. The first-order chi connectivity index (χ1) is 18.1. The Morgan fingerprint density at radius 2 is 1.92 bits per heavy atom. The van der Waals surface area contributed by atoms with Crippen LogP contribution in [0.1, 0.15) is 29.0 Å². The van der Waals surface area contributed by atoms with E-state index in [9.17, 15) is 9.59 Å². The highest BCUT2D eigenvalue weighted by molar-refractivity contribution is 7.10. The summed E-state index contributed by atoms with van der Waals surface area (Å²) in [6, 6.07) is 18.3. The van der Waals surface area contributed by atoms with Crippen molar-refractivity contribution in [1.29, 1.82) is 0 Å². The summed E-state index contributed by atoms with van der Waals surface area (Å²) in [5, 5.41) is 1.94. The molecular weight excluding hydrogens is 508 g/mol. The average Bonchev–Trinajstić information content (AvgIpc) is 3.57. The van der Waals surface area contributed by atoms with E-state index in [1.54, 1.807) is 11.5 Å². The molecule has 0 amide bonds. The molecule has 4 aromatic rings. The Labute approximate surface area is 220 Å². The number of aromatic nitrogens is 1. The van der Waals surface area contributed by atoms with Gasteiger partial charge < -0.3 is 14.2 Å². The highest BCUT2D eigenvalue weighted by Gasteiger charge is 2.35. The lowest BCUT2D eigenvalue weighted by Crippen LogP contribution is -2.39. The third-order valence-corrected chi connectivity index (χ3v) is 7.96. The Morgan fingerprint density at radius 3 is 2.68 bits per heavy atom. The molecule has 0 bridgehead atoms. The molecule has 0 aliphatic carbocycles. The van der Waals surface area contributed by atoms with Gasteiger partial charge in [0.25, 0.3) is 5.56 Å². The standard InChI is InChI=1S/C28H22N2O5S2/c1-2-33-27(32)23-24(18-7-4-3-5-8-18)29-28-30(25(23)21-9-6-14-36-21)26(31)22(37-28)16-17-10-11-19-20(15-17)35-13-12-34-19/h3-11,14-16,25H,2,12-13H2,1H3/t25-/m0/s1. The smallest absolute Gasteiger partial charge is 0.338 e. The number of carbonyl (C=O) groups excluding carboxylic acids is 1. The first-order valence-electron chi connectivity index (χ1n) is 11.9. The molecule has 186 valence electrons. The Morgan fingerprint density at radius 1 is 1.11 bits per heavy atom. The number of hydrogen-bond acceptors (Lipinski definition) is 8. The van der Waals surface area contributed by atoms with Gasteiger partial charge in [-0.15, -0.1) is 11.3 Å². The van der Waals surface area contributed by atoms with Crippen LogP contribution in [0.5, 0.6) is 11.5 Å². The lowest BCUT2D eigenvalue weighted by atomic mass is 9.97. The number of ether oxygens (including phenoxy) is 3. The summed E-state index contributed by atoms with van der Waals surface area (Å²) in [4.78, 5) is 33.4. The fourth-order valence-electron chi connectivity index (χ4n) is 4.46. The second-order valence-electron chi connectivity index (χ2n) is 8.35. The monoisotopic (exact) mass is 530 g/mol. The van der Waals surface area contributed by atoms with E-state index in [-0.39, 0.29) is 12.2 Å². The highest BCUT2D eigenvalue weighted by atomic mass is 32.1. The van der Waals surface area contributed by atoms with Gasteiger partial charge in [0.15, 0.2) is 16.3 Å². The lowest BCUT2D eigenvalue weighted by molar-refractivity contribution is -0.138. The van der Waals surface area contributed by atoms with Crippen LogP contribution >= 0.6 is 22.7 Å². The quantitative estimate of drug-likeness (QED) is 0.367. The van der Waals surface area contributed by atoms with E-state index in [0.717, 1.165) is 16.0 Å². The molecule has 37 heavy (non-hydrogen) atoms. The van der Waals surface area contributed by atoms with Crippen molar-refractivity contribution in [2.45, 2.75) is 13.0 Å². The van der Waals surface area contributed by atoms with Crippen molar-refractivity contribution in [2.24, 2.45) is 4.99 Å². The van der Waals surface area contributed by atoms with E-state index in [2.05, 4.69) is 0 Å². The Bertz CT molecular complexity index is 1680. The molecule has 2 aromatic heterocycles. The zero-order valence-electron chi connectivity index (χ0n) is 19.9. The molecule has 0 saturated heterocycles. The fourth-order valence-corrected chi connectivity index (χ4v) is 6.28. The minimum Gasteiger partial charge on any atom is -0.486 e. The third kappa shape index (κ3) is 4.30. The molecule has 0 fully saturated rings. The molecule has 0 unspecified atom stereocenters. The first-order valence-corrected chi connectivity index (χ1v) is 13.5. The summed E-state index contributed by atoms with van der Waals surface area (Å²) >= 11 is 2.78. The number of esters is 1. The van der Waals surface area contributed by atoms with Crippen LogP contribution < -0.4 is 24.4 Å². The van der Waals surface area contributed by atoms with Crippen molar-refractivity contribution in [2.75, 3.05) is 19.8 Å². The summed E-state index contributed by atoms with van der Waals surface area (Å²) in [5.41, 5.74) is 2.26. The lowest BCUT2D eigenvalue weighted by Gasteiger charge is -2.24. The summed E-state index contributed by atoms with van der Waals surface area (Å²) in [6.45, 7) is 2.98. The van der Waals surface area contributed by atoms with Gasteiger partial charge in [0.1, 0.15) is 19.3 Å². The van der Waals surface area contributed by atoms with Crippen LogP contribution in [0, 0.1) is 0 Å². The SMILES string of the molecule is CCOC(=O)C1=C(c2ccccc2)N=c2sc(=Cc3ccc4c(c3)OCCO4)c(=O)n2[C@H]1c1cccs1. The molecule has 1 atom stereocenters. The average molecular weight is 531 g/mol. The summed E-state index contributed by atoms with van der Waals surface area (Å²) < 4.78 is 18.9. The molecule has 2 aliphatic rings. The predicted octanol–water partition coefficient (Wildman–Crippen LogP) is 3.77. The number of benzene rings is 2. The van der Waals surface area contributed by atoms with Crippen LogP contribution in [0.4, 0.5) is 0 Å². The van der Waals surface area contributed by atoms with Crippen LogP contribution in [0.15, 0.2) is 81.4 Å². The van der Waals surface area contributed by atoms with Gasteiger partial charge in [-0.2, -0.15) is 0 Å². The van der Waals surface area contributed by atoms with E-state index in [1.165, 1.54) is 22.7 Å². The fraction of sp³-hybridized carbons (Fsp3) is 0.179. The molecule has 7 nitrogen and oxygen atoms in total. The molecule has 0 saturated carbocycles. The van der Waals surface area contributed by atoms with Crippen molar-refractivity contribution in [3.05, 3.63) is 107 Å². The molecule has 9 heteroatoms. The maximum Gasteiger partial charge on any atom is 0.338 e. The van der Waals surface area contributed by atoms with Crippen LogP contribution in [-0.2, 0) is 9.53 Å². The van der Waals surface area contributed by atoms with Crippen molar-refractivity contribution < 1.29 is 19.0 Å². The molecule has 0 N–H and O–H groups in total. The van der Waals surface area contributed by atoms with Crippen LogP contribution in [-0.4, -0.2) is 30.4 Å². The normalized spacial score (nSPS) is 16.8. The second kappa shape index (κ2) is 9.84. The van der Waals surface area contributed by atoms with Crippen LogP contribution in [0.2, 0.25) is 0 Å². The van der Waals surface area contributed by atoms with E-state index in [1.807, 2.05) is 72.1 Å². The maximum atomic E-state index is 13.8. The van der Waals surface area contributed by atoms with Crippen molar-refractivity contribution >= 4 is 40.4 Å². The van der Waals surface area contributed by atoms with Gasteiger partial charge in [0.05, 0.1) is 22.4 Å². The summed E-state index contributed by atoms with van der Waals surface area (Å²) in [6.07, 6.45) is 1.82. The molecular formula is C28H22N2O5S2. The minimum atomic E-state index is -0.645. The van der Waals surface area contributed by atoms with Gasteiger partial charge in [-0.25, -0.2) is 9.79 Å². The number of carbonyl (C=O) groups is 1.